The van der Waals surface area contributed by atoms with E-state index in [1.807, 2.05) is 62.4 Å². The van der Waals surface area contributed by atoms with E-state index in [9.17, 15) is 4.79 Å². The second-order valence-electron chi connectivity index (χ2n) is 8.61. The number of aryl methyl sites for hydroxylation is 1. The Labute approximate surface area is 208 Å². The van der Waals surface area contributed by atoms with Gasteiger partial charge in [0.1, 0.15) is 28.5 Å². The molecule has 0 fully saturated rings. The summed E-state index contributed by atoms with van der Waals surface area (Å²) in [6.07, 6.45) is 3.03. The minimum Gasteiger partial charge on any atom is -0.490 e. The van der Waals surface area contributed by atoms with E-state index in [1.165, 1.54) is 6.07 Å². The molecule has 182 valence electrons. The highest BCUT2D eigenvalue weighted by Gasteiger charge is 2.30. The quantitative estimate of drug-likeness (QED) is 0.363. The molecule has 1 amide bonds. The van der Waals surface area contributed by atoms with Crippen molar-refractivity contribution in [2.24, 2.45) is 0 Å². The van der Waals surface area contributed by atoms with Crippen molar-refractivity contribution in [3.8, 4) is 5.75 Å². The number of carbonyl (C=O) groups is 1. The van der Waals surface area contributed by atoms with Gasteiger partial charge in [0, 0.05) is 30.4 Å². The molecule has 4 rings (SSSR count). The molecule has 35 heavy (non-hydrogen) atoms. The molecule has 0 spiro atoms. The Bertz CT molecular complexity index is 1390. The lowest BCUT2D eigenvalue weighted by molar-refractivity contribution is 0.0940. The van der Waals surface area contributed by atoms with Crippen LogP contribution in [0.5, 0.6) is 5.75 Å². The molecule has 4 aromatic rings. The molecule has 7 nitrogen and oxygen atoms in total. The first kappa shape index (κ1) is 24.5. The van der Waals surface area contributed by atoms with Crippen LogP contribution in [0, 0.1) is 12.7 Å². The number of rotatable bonds is 7. The zero-order valence-electron chi connectivity index (χ0n) is 20.0. The first-order chi connectivity index (χ1) is 16.7. The molecule has 0 unspecified atom stereocenters. The average molecular weight is 496 g/mol. The van der Waals surface area contributed by atoms with Gasteiger partial charge in [-0.15, -0.1) is 0 Å². The van der Waals surface area contributed by atoms with Crippen LogP contribution < -0.4 is 15.8 Å². The van der Waals surface area contributed by atoms with Crippen LogP contribution in [-0.2, 0) is 6.54 Å². The van der Waals surface area contributed by atoms with Crippen molar-refractivity contribution in [2.75, 3.05) is 5.73 Å². The van der Waals surface area contributed by atoms with Gasteiger partial charge < -0.3 is 15.8 Å². The number of hydrogen-bond acceptors (Lipinski definition) is 5. The largest absolute Gasteiger partial charge is 0.490 e. The van der Waals surface area contributed by atoms with Crippen LogP contribution in [0.25, 0.3) is 5.52 Å². The van der Waals surface area contributed by atoms with Crippen LogP contribution >= 0.6 is 11.6 Å². The number of benzene rings is 2. The molecule has 0 aliphatic rings. The molecular weight excluding hydrogens is 469 g/mol. The molecule has 3 N–H and O–H groups in total. The molecule has 0 radical (unpaired) electrons. The van der Waals surface area contributed by atoms with Gasteiger partial charge in [0.2, 0.25) is 0 Å². The maximum atomic E-state index is 15.3. The topological polar surface area (TPSA) is 94.5 Å². The van der Waals surface area contributed by atoms with Crippen molar-refractivity contribution >= 4 is 28.8 Å². The summed E-state index contributed by atoms with van der Waals surface area (Å²) in [5.74, 6) is -0.731. The Morgan fingerprint density at radius 1 is 1.26 bits per heavy atom. The fourth-order valence-corrected chi connectivity index (χ4v) is 4.31. The highest BCUT2D eigenvalue weighted by atomic mass is 35.5. The van der Waals surface area contributed by atoms with Crippen molar-refractivity contribution in [1.29, 1.82) is 0 Å². The van der Waals surface area contributed by atoms with Gasteiger partial charge in [-0.1, -0.05) is 48.9 Å². The lowest BCUT2D eigenvalue weighted by atomic mass is 9.95. The number of imidazole rings is 1. The molecule has 0 aliphatic heterocycles. The fraction of sp³-hybridized carbons (Fsp3) is 0.269. The van der Waals surface area contributed by atoms with Gasteiger partial charge in [-0.2, -0.15) is 0 Å². The van der Waals surface area contributed by atoms with Crippen molar-refractivity contribution < 1.29 is 13.9 Å². The van der Waals surface area contributed by atoms with Crippen LogP contribution in [0.15, 0.2) is 48.8 Å². The number of hydrogen-bond donors (Lipinski definition) is 2. The Kier molecular flexibility index (Phi) is 6.93. The van der Waals surface area contributed by atoms with E-state index in [2.05, 4.69) is 10.3 Å². The lowest BCUT2D eigenvalue weighted by Gasteiger charge is -2.22. The van der Waals surface area contributed by atoms with Crippen LogP contribution in [0.3, 0.4) is 0 Å². The minimum atomic E-state index is -0.832. The number of amides is 1. The van der Waals surface area contributed by atoms with Crippen LogP contribution in [-0.4, -0.2) is 26.4 Å². The van der Waals surface area contributed by atoms with Gasteiger partial charge in [-0.3, -0.25) is 9.20 Å². The molecule has 0 aliphatic carbocycles. The van der Waals surface area contributed by atoms with Gasteiger partial charge in [0.15, 0.2) is 5.82 Å². The number of nitrogens with one attached hydrogen (secondary N) is 1. The zero-order valence-corrected chi connectivity index (χ0v) is 20.7. The second-order valence-corrected chi connectivity index (χ2v) is 9.02. The third-order valence-corrected chi connectivity index (χ3v) is 5.99. The highest BCUT2D eigenvalue weighted by molar-refractivity contribution is 6.31. The number of aromatic nitrogens is 3. The van der Waals surface area contributed by atoms with E-state index in [0.717, 1.165) is 5.56 Å². The van der Waals surface area contributed by atoms with E-state index in [-0.39, 0.29) is 29.0 Å². The number of carbonyl (C=O) groups excluding carboxylic acids is 1. The number of nitrogens with two attached hydrogens (primary N) is 1. The third-order valence-electron chi connectivity index (χ3n) is 5.72. The van der Waals surface area contributed by atoms with Crippen LogP contribution in [0.2, 0.25) is 5.02 Å². The Morgan fingerprint density at radius 3 is 2.66 bits per heavy atom. The van der Waals surface area contributed by atoms with Gasteiger partial charge >= 0.3 is 0 Å². The van der Waals surface area contributed by atoms with Crippen LogP contribution in [0.4, 0.5) is 10.2 Å². The van der Waals surface area contributed by atoms with Gasteiger partial charge in [-0.25, -0.2) is 14.4 Å². The van der Waals surface area contributed by atoms with E-state index < -0.39 is 17.6 Å². The molecule has 1 atom stereocenters. The number of ether oxygens (including phenoxy) is 1. The summed E-state index contributed by atoms with van der Waals surface area (Å²) < 4.78 is 23.2. The minimum absolute atomic E-state index is 0.136. The predicted octanol–water partition coefficient (Wildman–Crippen LogP) is 5.28. The standard InChI is InChI=1S/C26H27ClFN5O2/c1-14(2)35-23-18(15(3)25-32-16(4)22-24(29)30-10-11-33(22)25)12-19(27)21(28)20(23)26(34)31-13-17-8-6-5-7-9-17/h5-12,14-15H,13H2,1-4H3,(H2,29,30)(H,31,34)/t15-/m0/s1. The van der Waals surface area contributed by atoms with Crippen molar-refractivity contribution in [3.05, 3.63) is 87.8 Å². The van der Waals surface area contributed by atoms with Gasteiger partial charge in [0.05, 0.1) is 16.8 Å². The highest BCUT2D eigenvalue weighted by Crippen LogP contribution is 2.39. The summed E-state index contributed by atoms with van der Waals surface area (Å²) >= 11 is 6.30. The maximum Gasteiger partial charge on any atom is 0.258 e. The summed E-state index contributed by atoms with van der Waals surface area (Å²) in [5.41, 5.74) is 8.66. The van der Waals surface area contributed by atoms with E-state index >= 15 is 4.39 Å². The summed E-state index contributed by atoms with van der Waals surface area (Å²) in [6.45, 7) is 7.60. The first-order valence-corrected chi connectivity index (χ1v) is 11.7. The number of nitrogens with zero attached hydrogens (tertiary/aromatic N) is 3. The van der Waals surface area contributed by atoms with Crippen molar-refractivity contribution in [3.63, 3.8) is 0 Å². The Morgan fingerprint density at radius 2 is 1.97 bits per heavy atom. The summed E-state index contributed by atoms with van der Waals surface area (Å²) in [5, 5.41) is 2.61. The molecular formula is C26H27ClFN5O2. The number of halogens is 2. The fourth-order valence-electron chi connectivity index (χ4n) is 4.10. The first-order valence-electron chi connectivity index (χ1n) is 11.3. The van der Waals surface area contributed by atoms with Gasteiger partial charge in [-0.05, 0) is 32.4 Å². The monoisotopic (exact) mass is 495 g/mol. The summed E-state index contributed by atoms with van der Waals surface area (Å²) in [6, 6.07) is 10.9. The molecule has 0 saturated heterocycles. The summed E-state index contributed by atoms with van der Waals surface area (Å²) in [7, 11) is 0. The lowest BCUT2D eigenvalue weighted by Crippen LogP contribution is -2.26. The normalized spacial score (nSPS) is 12.2. The van der Waals surface area contributed by atoms with Gasteiger partial charge in [0.25, 0.3) is 5.91 Å². The third kappa shape index (κ3) is 4.79. The molecule has 2 aromatic carbocycles. The van der Waals surface area contributed by atoms with E-state index in [0.29, 0.717) is 28.4 Å². The van der Waals surface area contributed by atoms with Crippen molar-refractivity contribution in [2.45, 2.75) is 46.3 Å². The van der Waals surface area contributed by atoms with Crippen LogP contribution in [0.1, 0.15) is 59.7 Å². The smallest absolute Gasteiger partial charge is 0.258 e. The van der Waals surface area contributed by atoms with E-state index in [1.54, 1.807) is 12.4 Å². The molecule has 2 heterocycles. The molecule has 0 saturated carbocycles. The summed E-state index contributed by atoms with van der Waals surface area (Å²) in [4.78, 5) is 22.1. The maximum absolute atomic E-state index is 15.3. The second kappa shape index (κ2) is 9.92. The molecule has 2 aromatic heterocycles. The predicted molar refractivity (Wildman–Crippen MR) is 134 cm³/mol. The number of anilines is 1. The molecule has 9 heteroatoms. The molecule has 0 bridgehead atoms. The SMILES string of the molecule is Cc1nc([C@@H](C)c2cc(Cl)c(F)c(C(=O)NCc3ccccc3)c2OC(C)C)n2ccnc(N)c12. The average Bonchev–Trinajstić information content (AvgIpc) is 3.17. The number of nitrogen functional groups attached to an aromatic ring is 1. The Balaban J connectivity index is 1.82. The zero-order chi connectivity index (χ0) is 25.3. The Hall–Kier alpha value is -3.65. The van der Waals surface area contributed by atoms with Crippen molar-refractivity contribution in [1.82, 2.24) is 19.7 Å². The van der Waals surface area contributed by atoms with E-state index in [4.69, 9.17) is 27.1 Å². The number of fused-ring (bicyclic) bond motifs is 1.